The van der Waals surface area contributed by atoms with Crippen LogP contribution in [0.5, 0.6) is 11.5 Å². The van der Waals surface area contributed by atoms with E-state index in [1.165, 1.54) is 49.3 Å². The highest BCUT2D eigenvalue weighted by molar-refractivity contribution is 7.01. The second kappa shape index (κ2) is 10.1. The first-order valence-corrected chi connectivity index (χ1v) is 19.3. The van der Waals surface area contributed by atoms with Gasteiger partial charge in [-0.25, -0.2) is 4.98 Å². The molecule has 0 N–H and O–H groups in total. The molecule has 228 valence electrons. The van der Waals surface area contributed by atoms with Crippen molar-refractivity contribution in [3.63, 3.8) is 0 Å². The van der Waals surface area contributed by atoms with E-state index >= 15 is 0 Å². The highest BCUT2D eigenvalue weighted by atomic mass is 28.3. The summed E-state index contributed by atoms with van der Waals surface area (Å²) in [5.74, 6) is 2.94. The van der Waals surface area contributed by atoms with E-state index in [1.807, 2.05) is 0 Å². The number of hydrogen-bond donors (Lipinski definition) is 0. The van der Waals surface area contributed by atoms with Crippen molar-refractivity contribution in [2.24, 2.45) is 0 Å². The van der Waals surface area contributed by atoms with Gasteiger partial charge in [0.25, 0.3) is 0 Å². The van der Waals surface area contributed by atoms with Gasteiger partial charge in [0.05, 0.1) is 27.8 Å². The smallest absolute Gasteiger partial charge is 0.220 e. The quantitative estimate of drug-likeness (QED) is 0.183. The fourth-order valence-corrected chi connectivity index (χ4v) is 10.8. The van der Waals surface area contributed by atoms with Gasteiger partial charge in [0.1, 0.15) is 19.6 Å². The van der Waals surface area contributed by atoms with E-state index in [2.05, 4.69) is 164 Å². The Bertz CT molecular complexity index is 2570. The van der Waals surface area contributed by atoms with Crippen molar-refractivity contribution in [1.29, 1.82) is 0 Å². The molecule has 0 radical (unpaired) electrons. The summed E-state index contributed by atoms with van der Waals surface area (Å²) in [7, 11) is -1.95. The standard InChI is InChI=1S/C42H35N3OSi/c1-26-24-25-30(28(3)40(26)31-15-13-23-39-41(31)46-37-21-10-11-22-38(37)47(39,4)5)29-14-12-20-33(27(29)2)44-35-18-8-9-19-36(35)45-34-17-7-6-16-32(34)43-42(44)45/h6-25H,1-5H3. The SMILES string of the molecule is Cc1ccc(-c2cccc(-n3c4ccccc4n4c5ccccc5nc34)c2C)c(C)c1-c1cccc2c1Oc1ccccc1[Si]2(C)C. The summed E-state index contributed by atoms with van der Waals surface area (Å²) in [6, 6.07) is 43.5. The van der Waals surface area contributed by atoms with Crippen LogP contribution in [0.15, 0.2) is 121 Å². The number of aromatic nitrogens is 3. The number of nitrogens with zero attached hydrogens (tertiary/aromatic N) is 3. The van der Waals surface area contributed by atoms with Crippen LogP contribution >= 0.6 is 0 Å². The lowest BCUT2D eigenvalue weighted by molar-refractivity contribution is 0.488. The van der Waals surface area contributed by atoms with Gasteiger partial charge in [-0.05, 0) is 101 Å². The van der Waals surface area contributed by atoms with Gasteiger partial charge in [-0.1, -0.05) is 98.0 Å². The Morgan fingerprint density at radius 1 is 0.574 bits per heavy atom. The van der Waals surface area contributed by atoms with E-state index < -0.39 is 8.07 Å². The highest BCUT2D eigenvalue weighted by Crippen LogP contribution is 2.43. The Morgan fingerprint density at radius 3 is 2.09 bits per heavy atom. The fourth-order valence-electron chi connectivity index (χ4n) is 7.96. The van der Waals surface area contributed by atoms with Gasteiger partial charge in [-0.2, -0.15) is 0 Å². The minimum absolute atomic E-state index is 0.925. The fraction of sp³-hybridized carbons (Fsp3) is 0.119. The molecule has 1 aliphatic heterocycles. The molecule has 4 nitrogen and oxygen atoms in total. The van der Waals surface area contributed by atoms with Gasteiger partial charge in [-0.3, -0.25) is 8.97 Å². The maximum atomic E-state index is 6.77. The molecule has 0 saturated carbocycles. The van der Waals surface area contributed by atoms with Crippen molar-refractivity contribution in [2.75, 3.05) is 0 Å². The van der Waals surface area contributed by atoms with Crippen molar-refractivity contribution < 1.29 is 4.74 Å². The highest BCUT2D eigenvalue weighted by Gasteiger charge is 2.37. The van der Waals surface area contributed by atoms with Crippen LogP contribution in [-0.4, -0.2) is 22.0 Å². The third-order valence-corrected chi connectivity index (χ3v) is 13.8. The lowest BCUT2D eigenvalue weighted by Gasteiger charge is -2.34. The minimum Gasteiger partial charge on any atom is -0.457 e. The molecule has 0 atom stereocenters. The molecule has 1 aliphatic rings. The zero-order valence-corrected chi connectivity index (χ0v) is 28.3. The number of fused-ring (bicyclic) bond motifs is 7. The topological polar surface area (TPSA) is 31.5 Å². The molecule has 9 rings (SSSR count). The predicted molar refractivity (Wildman–Crippen MR) is 198 cm³/mol. The van der Waals surface area contributed by atoms with Gasteiger partial charge in [-0.15, -0.1) is 0 Å². The lowest BCUT2D eigenvalue weighted by Crippen LogP contribution is -2.56. The third-order valence-electron chi connectivity index (χ3n) is 10.3. The minimum atomic E-state index is -1.95. The van der Waals surface area contributed by atoms with Crippen molar-refractivity contribution >= 4 is 46.3 Å². The molecule has 0 aliphatic carbocycles. The second-order valence-corrected chi connectivity index (χ2v) is 17.7. The number of para-hydroxylation sites is 6. The Hall–Kier alpha value is -5.39. The first kappa shape index (κ1) is 27.9. The first-order valence-electron chi connectivity index (χ1n) is 16.3. The third kappa shape index (κ3) is 3.90. The predicted octanol–water partition coefficient (Wildman–Crippen LogP) is 9.62. The van der Waals surface area contributed by atoms with Crippen LogP contribution in [0.25, 0.3) is 55.8 Å². The first-order chi connectivity index (χ1) is 22.8. The number of imidazole rings is 2. The van der Waals surface area contributed by atoms with Gasteiger partial charge < -0.3 is 4.74 Å². The van der Waals surface area contributed by atoms with E-state index in [0.717, 1.165) is 45.0 Å². The molecule has 0 unspecified atom stereocenters. The summed E-state index contributed by atoms with van der Waals surface area (Å²) in [6.07, 6.45) is 0. The van der Waals surface area contributed by atoms with Gasteiger partial charge in [0.2, 0.25) is 5.78 Å². The molecule has 47 heavy (non-hydrogen) atoms. The molecular weight excluding hydrogens is 591 g/mol. The van der Waals surface area contributed by atoms with Crippen molar-refractivity contribution in [3.8, 4) is 39.4 Å². The monoisotopic (exact) mass is 625 g/mol. The molecule has 0 saturated heterocycles. The Kier molecular flexibility index (Phi) is 5.96. The van der Waals surface area contributed by atoms with Crippen LogP contribution in [0.4, 0.5) is 0 Å². The summed E-state index contributed by atoms with van der Waals surface area (Å²) in [4.78, 5) is 5.14. The van der Waals surface area contributed by atoms with Crippen molar-refractivity contribution in [3.05, 3.63) is 138 Å². The number of aryl methyl sites for hydroxylation is 1. The van der Waals surface area contributed by atoms with E-state index in [9.17, 15) is 0 Å². The van der Waals surface area contributed by atoms with E-state index in [-0.39, 0.29) is 0 Å². The Balaban J connectivity index is 1.25. The van der Waals surface area contributed by atoms with Crippen LogP contribution < -0.4 is 15.1 Å². The van der Waals surface area contributed by atoms with Crippen LogP contribution in [0.3, 0.4) is 0 Å². The van der Waals surface area contributed by atoms with E-state index in [1.54, 1.807) is 0 Å². The van der Waals surface area contributed by atoms with Crippen LogP contribution in [0, 0.1) is 20.8 Å². The zero-order chi connectivity index (χ0) is 32.0. The number of hydrogen-bond acceptors (Lipinski definition) is 2. The summed E-state index contributed by atoms with van der Waals surface area (Å²) in [5, 5.41) is 2.71. The molecule has 6 aromatic carbocycles. The molecule has 0 spiro atoms. The Morgan fingerprint density at radius 2 is 1.23 bits per heavy atom. The van der Waals surface area contributed by atoms with Gasteiger partial charge in [0, 0.05) is 5.56 Å². The van der Waals surface area contributed by atoms with Gasteiger partial charge >= 0.3 is 0 Å². The van der Waals surface area contributed by atoms with Crippen LogP contribution in [0.1, 0.15) is 16.7 Å². The summed E-state index contributed by atoms with van der Waals surface area (Å²) in [5.41, 5.74) is 14.1. The zero-order valence-electron chi connectivity index (χ0n) is 27.3. The summed E-state index contributed by atoms with van der Waals surface area (Å²) < 4.78 is 11.4. The number of ether oxygens (including phenoxy) is 1. The number of rotatable bonds is 3. The summed E-state index contributed by atoms with van der Waals surface area (Å²) >= 11 is 0. The normalized spacial score (nSPS) is 13.6. The average molecular weight is 626 g/mol. The largest absolute Gasteiger partial charge is 0.457 e. The molecular formula is C42H35N3OSi. The van der Waals surface area contributed by atoms with Crippen molar-refractivity contribution in [2.45, 2.75) is 33.9 Å². The maximum Gasteiger partial charge on any atom is 0.220 e. The lowest BCUT2D eigenvalue weighted by atomic mass is 9.87. The molecule has 0 amide bonds. The maximum absolute atomic E-state index is 6.77. The van der Waals surface area contributed by atoms with Crippen LogP contribution in [0.2, 0.25) is 13.1 Å². The molecule has 0 bridgehead atoms. The van der Waals surface area contributed by atoms with Crippen molar-refractivity contribution in [1.82, 2.24) is 14.0 Å². The molecule has 3 heterocycles. The van der Waals surface area contributed by atoms with Gasteiger partial charge in [0.15, 0.2) is 0 Å². The van der Waals surface area contributed by atoms with Crippen LogP contribution in [-0.2, 0) is 0 Å². The van der Waals surface area contributed by atoms with E-state index in [4.69, 9.17) is 9.72 Å². The molecule has 0 fully saturated rings. The molecule has 2 aromatic heterocycles. The molecule has 8 aromatic rings. The molecule has 5 heteroatoms. The Labute approximate surface area is 275 Å². The van der Waals surface area contributed by atoms with E-state index in [0.29, 0.717) is 0 Å². The average Bonchev–Trinajstić information content (AvgIpc) is 3.60. The number of benzene rings is 6. The second-order valence-electron chi connectivity index (χ2n) is 13.3. The summed E-state index contributed by atoms with van der Waals surface area (Å²) in [6.45, 7) is 11.6.